The third kappa shape index (κ3) is 4.31. The number of nitrogens with two attached hydrogens (primary N) is 1. The lowest BCUT2D eigenvalue weighted by Gasteiger charge is -2.27. The van der Waals surface area contributed by atoms with Crippen LogP contribution in [0.15, 0.2) is 35.6 Å². The largest absolute Gasteiger partial charge is 0.508 e. The normalized spacial score (nSPS) is 15.4. The first kappa shape index (κ1) is 19.0. The highest BCUT2D eigenvalue weighted by atomic mass is 16.5. The summed E-state index contributed by atoms with van der Waals surface area (Å²) in [6, 6.07) is 7.06. The van der Waals surface area contributed by atoms with E-state index in [4.69, 9.17) is 10.6 Å². The second-order valence-corrected chi connectivity index (χ2v) is 6.96. The fraction of sp³-hybridized carbons (Fsp3) is 0.400. The Morgan fingerprint density at radius 2 is 1.96 bits per heavy atom. The molecule has 27 heavy (non-hydrogen) atoms. The van der Waals surface area contributed by atoms with Crippen molar-refractivity contribution in [1.29, 1.82) is 0 Å². The highest BCUT2D eigenvalue weighted by molar-refractivity contribution is 6.04. The number of hydrazone groups is 1. The van der Waals surface area contributed by atoms with Gasteiger partial charge in [-0.3, -0.25) is 0 Å². The summed E-state index contributed by atoms with van der Waals surface area (Å²) in [4.78, 5) is 6.72. The van der Waals surface area contributed by atoms with Crippen LogP contribution in [0.4, 0.5) is 5.82 Å². The Morgan fingerprint density at radius 3 is 2.56 bits per heavy atom. The van der Waals surface area contributed by atoms with Crippen molar-refractivity contribution in [3.63, 3.8) is 0 Å². The van der Waals surface area contributed by atoms with E-state index in [2.05, 4.69) is 15.0 Å². The van der Waals surface area contributed by atoms with Gasteiger partial charge in [0.05, 0.1) is 18.9 Å². The van der Waals surface area contributed by atoms with Crippen LogP contribution in [0.2, 0.25) is 0 Å². The Bertz CT molecular complexity index is 813. The van der Waals surface area contributed by atoms with Crippen LogP contribution in [0.5, 0.6) is 11.5 Å². The number of phenols is 2. The summed E-state index contributed by atoms with van der Waals surface area (Å²) in [5.41, 5.74) is 2.74. The predicted molar refractivity (Wildman–Crippen MR) is 106 cm³/mol. The second kappa shape index (κ2) is 8.26. The first-order chi connectivity index (χ1) is 13.0. The maximum atomic E-state index is 10.3. The number of morpholine rings is 1. The van der Waals surface area contributed by atoms with Gasteiger partial charge in [0.1, 0.15) is 17.3 Å². The Balaban J connectivity index is 1.80. The summed E-state index contributed by atoms with van der Waals surface area (Å²) < 4.78 is 5.37. The molecule has 1 aliphatic rings. The van der Waals surface area contributed by atoms with Crippen molar-refractivity contribution in [1.82, 2.24) is 4.98 Å². The van der Waals surface area contributed by atoms with Gasteiger partial charge in [0.2, 0.25) is 0 Å². The molecule has 0 unspecified atom stereocenters. The molecule has 1 aromatic carbocycles. The summed E-state index contributed by atoms with van der Waals surface area (Å²) in [5.74, 6) is 6.66. The smallest absolute Gasteiger partial charge is 0.128 e. The lowest BCUT2D eigenvalue weighted by molar-refractivity contribution is 0.122. The van der Waals surface area contributed by atoms with E-state index >= 15 is 0 Å². The number of nitrogens with zero attached hydrogens (tertiary/aromatic N) is 3. The molecule has 4 N–H and O–H groups in total. The molecule has 1 aromatic heterocycles. The molecule has 7 heteroatoms. The highest BCUT2D eigenvalue weighted by Crippen LogP contribution is 2.33. The first-order valence-electron chi connectivity index (χ1n) is 9.10. The summed E-state index contributed by atoms with van der Waals surface area (Å²) in [7, 11) is 0. The number of pyridine rings is 1. The zero-order chi connectivity index (χ0) is 19.4. The standard InChI is InChI=1S/C20H26N4O3/c1-13(2)15-10-16(19(26)11-18(15)25)17(23-21)9-14-3-4-20(22-12-14)24-5-7-27-8-6-24/h3-4,10-13,25-26H,5-9,21H2,1-2H3/b23-17-. The van der Waals surface area contributed by atoms with E-state index < -0.39 is 0 Å². The van der Waals surface area contributed by atoms with Crippen molar-refractivity contribution in [2.45, 2.75) is 26.2 Å². The van der Waals surface area contributed by atoms with Crippen LogP contribution in [0.1, 0.15) is 36.5 Å². The maximum Gasteiger partial charge on any atom is 0.128 e. The van der Waals surface area contributed by atoms with E-state index in [9.17, 15) is 10.2 Å². The van der Waals surface area contributed by atoms with E-state index in [1.807, 2.05) is 26.0 Å². The predicted octanol–water partition coefficient (Wildman–Crippen LogP) is 2.36. The SMILES string of the molecule is CC(C)c1cc(/C(Cc2ccc(N3CCOCC3)nc2)=N\N)c(O)cc1O. The molecule has 0 radical (unpaired) electrons. The van der Waals surface area contributed by atoms with Crippen LogP contribution in [0.3, 0.4) is 0 Å². The van der Waals surface area contributed by atoms with Gasteiger partial charge in [-0.05, 0) is 29.2 Å². The lowest BCUT2D eigenvalue weighted by Crippen LogP contribution is -2.36. The van der Waals surface area contributed by atoms with Gasteiger partial charge in [-0.15, -0.1) is 0 Å². The van der Waals surface area contributed by atoms with E-state index in [0.29, 0.717) is 30.9 Å². The lowest BCUT2D eigenvalue weighted by atomic mass is 9.95. The molecule has 1 aliphatic heterocycles. The van der Waals surface area contributed by atoms with Crippen LogP contribution in [-0.4, -0.2) is 47.2 Å². The van der Waals surface area contributed by atoms with Gasteiger partial charge in [0, 0.05) is 37.3 Å². The maximum absolute atomic E-state index is 10.3. The average molecular weight is 370 g/mol. The fourth-order valence-corrected chi connectivity index (χ4v) is 3.19. The van der Waals surface area contributed by atoms with Crippen LogP contribution < -0.4 is 10.7 Å². The number of phenolic OH excluding ortho intramolecular Hbond substituents is 2. The molecule has 0 atom stereocenters. The summed E-state index contributed by atoms with van der Waals surface area (Å²) in [5, 5.41) is 24.2. The molecule has 0 saturated carbocycles. The van der Waals surface area contributed by atoms with E-state index in [-0.39, 0.29) is 17.4 Å². The van der Waals surface area contributed by atoms with Crippen molar-refractivity contribution in [3.8, 4) is 11.5 Å². The number of hydrogen-bond acceptors (Lipinski definition) is 7. The Morgan fingerprint density at radius 1 is 1.22 bits per heavy atom. The van der Waals surface area contributed by atoms with E-state index in [1.54, 1.807) is 12.3 Å². The number of benzene rings is 1. The van der Waals surface area contributed by atoms with E-state index in [0.717, 1.165) is 30.0 Å². The minimum Gasteiger partial charge on any atom is -0.508 e. The Hall–Kier alpha value is -2.80. The number of rotatable bonds is 5. The van der Waals surface area contributed by atoms with E-state index in [1.165, 1.54) is 6.07 Å². The zero-order valence-corrected chi connectivity index (χ0v) is 15.7. The Kier molecular flexibility index (Phi) is 5.81. The molecule has 1 saturated heterocycles. The second-order valence-electron chi connectivity index (χ2n) is 6.96. The minimum absolute atomic E-state index is 0.0426. The average Bonchev–Trinajstić information content (AvgIpc) is 2.67. The summed E-state index contributed by atoms with van der Waals surface area (Å²) in [6.07, 6.45) is 2.24. The monoisotopic (exact) mass is 370 g/mol. The van der Waals surface area contributed by atoms with Gasteiger partial charge in [-0.25, -0.2) is 4.98 Å². The first-order valence-corrected chi connectivity index (χ1v) is 9.10. The molecule has 0 amide bonds. The molecule has 2 aromatic rings. The van der Waals surface area contributed by atoms with Crippen molar-refractivity contribution in [3.05, 3.63) is 47.2 Å². The molecule has 0 spiro atoms. The van der Waals surface area contributed by atoms with Gasteiger partial charge in [0.15, 0.2) is 0 Å². The molecular weight excluding hydrogens is 344 g/mol. The number of ether oxygens (including phenoxy) is 1. The van der Waals surface area contributed by atoms with Crippen LogP contribution in [0, 0.1) is 0 Å². The van der Waals surface area contributed by atoms with Gasteiger partial charge >= 0.3 is 0 Å². The number of aromatic hydroxyl groups is 2. The number of anilines is 1. The fourth-order valence-electron chi connectivity index (χ4n) is 3.19. The van der Waals surface area contributed by atoms with Gasteiger partial charge < -0.3 is 25.7 Å². The van der Waals surface area contributed by atoms with Crippen LogP contribution in [-0.2, 0) is 11.2 Å². The molecule has 0 bridgehead atoms. The third-order valence-electron chi connectivity index (χ3n) is 4.75. The Labute approximate surface area is 159 Å². The highest BCUT2D eigenvalue weighted by Gasteiger charge is 2.17. The van der Waals surface area contributed by atoms with Crippen LogP contribution in [0.25, 0.3) is 0 Å². The van der Waals surface area contributed by atoms with Crippen molar-refractivity contribution in [2.75, 3.05) is 31.2 Å². The molecular formula is C20H26N4O3. The minimum atomic E-state index is -0.0426. The van der Waals surface area contributed by atoms with Crippen molar-refractivity contribution in [2.24, 2.45) is 10.9 Å². The van der Waals surface area contributed by atoms with Gasteiger partial charge in [-0.2, -0.15) is 5.10 Å². The third-order valence-corrected chi connectivity index (χ3v) is 4.75. The topological polar surface area (TPSA) is 104 Å². The van der Waals surface area contributed by atoms with Crippen LogP contribution >= 0.6 is 0 Å². The van der Waals surface area contributed by atoms with Gasteiger partial charge in [-0.1, -0.05) is 19.9 Å². The number of hydrogen-bond donors (Lipinski definition) is 3. The molecule has 7 nitrogen and oxygen atoms in total. The quantitative estimate of drug-likeness (QED) is 0.424. The molecule has 3 rings (SSSR count). The molecule has 144 valence electrons. The summed E-state index contributed by atoms with van der Waals surface area (Å²) in [6.45, 7) is 7.05. The summed E-state index contributed by atoms with van der Waals surface area (Å²) >= 11 is 0. The van der Waals surface area contributed by atoms with Crippen molar-refractivity contribution < 1.29 is 14.9 Å². The number of aromatic nitrogens is 1. The molecule has 0 aliphatic carbocycles. The zero-order valence-electron chi connectivity index (χ0n) is 15.7. The van der Waals surface area contributed by atoms with Crippen molar-refractivity contribution >= 4 is 11.5 Å². The molecule has 2 heterocycles. The molecule has 1 fully saturated rings. The van der Waals surface area contributed by atoms with Gasteiger partial charge in [0.25, 0.3) is 0 Å².